The third-order valence-corrected chi connectivity index (χ3v) is 6.57. The van der Waals surface area contributed by atoms with Gasteiger partial charge in [0.15, 0.2) is 0 Å². The van der Waals surface area contributed by atoms with E-state index in [2.05, 4.69) is 20.8 Å². The standard InChI is InChI=1S/C25H27N5O4S/c1-15-9-16(2)11-19(10-15)30-14-18(13-22(30)31)24(33)27-25-29-28-21(35-25)7-8-26-23(32)17-5-4-6-20(12-17)34-3/h4-6,9-12,18H,7-8,13-14H2,1-3H3,(H,26,32)(H,27,29,33). The number of carbonyl (C=O) groups is 3. The van der Waals surface area contributed by atoms with Crippen molar-refractivity contribution in [3.63, 3.8) is 0 Å². The Bertz CT molecular complexity index is 1240. The summed E-state index contributed by atoms with van der Waals surface area (Å²) in [6, 6.07) is 12.9. The highest BCUT2D eigenvalue weighted by Crippen LogP contribution is 2.28. The van der Waals surface area contributed by atoms with E-state index < -0.39 is 5.92 Å². The summed E-state index contributed by atoms with van der Waals surface area (Å²) in [6.45, 7) is 4.67. The molecule has 1 aliphatic heterocycles. The van der Waals surface area contributed by atoms with Crippen LogP contribution in [-0.2, 0) is 16.0 Å². The van der Waals surface area contributed by atoms with Gasteiger partial charge in [0.25, 0.3) is 5.91 Å². The number of benzene rings is 2. The lowest BCUT2D eigenvalue weighted by Gasteiger charge is -2.18. The molecule has 1 aromatic heterocycles. The van der Waals surface area contributed by atoms with Crippen LogP contribution in [0.4, 0.5) is 10.8 Å². The topological polar surface area (TPSA) is 114 Å². The zero-order valence-corrected chi connectivity index (χ0v) is 20.6. The van der Waals surface area contributed by atoms with Crippen molar-refractivity contribution in [1.82, 2.24) is 15.5 Å². The predicted molar refractivity (Wildman–Crippen MR) is 134 cm³/mol. The van der Waals surface area contributed by atoms with E-state index in [1.54, 1.807) is 36.3 Å². The fourth-order valence-corrected chi connectivity index (χ4v) is 4.74. The summed E-state index contributed by atoms with van der Waals surface area (Å²) in [5, 5.41) is 14.8. The zero-order valence-electron chi connectivity index (χ0n) is 19.8. The van der Waals surface area contributed by atoms with E-state index >= 15 is 0 Å². The summed E-state index contributed by atoms with van der Waals surface area (Å²) in [5.41, 5.74) is 3.47. The van der Waals surface area contributed by atoms with Crippen molar-refractivity contribution >= 4 is 39.9 Å². The lowest BCUT2D eigenvalue weighted by molar-refractivity contribution is -0.122. The highest BCUT2D eigenvalue weighted by atomic mass is 32.1. The molecule has 35 heavy (non-hydrogen) atoms. The minimum atomic E-state index is -0.460. The molecule has 1 unspecified atom stereocenters. The van der Waals surface area contributed by atoms with Crippen LogP contribution in [0.5, 0.6) is 5.75 Å². The third-order valence-electron chi connectivity index (χ3n) is 5.67. The van der Waals surface area contributed by atoms with Gasteiger partial charge in [0, 0.05) is 37.2 Å². The smallest absolute Gasteiger partial charge is 0.251 e. The number of aromatic nitrogens is 2. The molecule has 0 bridgehead atoms. The molecule has 4 rings (SSSR count). The molecule has 0 radical (unpaired) electrons. The normalized spacial score (nSPS) is 15.2. The molecular weight excluding hydrogens is 466 g/mol. The first-order valence-electron chi connectivity index (χ1n) is 11.3. The van der Waals surface area contributed by atoms with Crippen LogP contribution < -0.4 is 20.3 Å². The largest absolute Gasteiger partial charge is 0.497 e. The SMILES string of the molecule is COc1cccc(C(=O)NCCc2nnc(NC(=O)C3CC(=O)N(c4cc(C)cc(C)c4)C3)s2)c1. The number of hydrogen-bond acceptors (Lipinski definition) is 7. The number of anilines is 2. The molecule has 2 aromatic carbocycles. The van der Waals surface area contributed by atoms with Crippen molar-refractivity contribution < 1.29 is 19.1 Å². The van der Waals surface area contributed by atoms with Crippen LogP contribution in [0.3, 0.4) is 0 Å². The van der Waals surface area contributed by atoms with Crippen LogP contribution >= 0.6 is 11.3 Å². The van der Waals surface area contributed by atoms with Gasteiger partial charge in [-0.05, 0) is 55.3 Å². The number of carbonyl (C=O) groups excluding carboxylic acids is 3. The molecule has 0 aliphatic carbocycles. The number of methoxy groups -OCH3 is 1. The van der Waals surface area contributed by atoms with Crippen LogP contribution in [-0.4, -0.2) is 48.1 Å². The quantitative estimate of drug-likeness (QED) is 0.499. The molecule has 2 heterocycles. The molecule has 1 saturated heterocycles. The molecule has 1 fully saturated rings. The Morgan fingerprint density at radius 1 is 1.14 bits per heavy atom. The number of nitrogens with zero attached hydrogens (tertiary/aromatic N) is 3. The minimum Gasteiger partial charge on any atom is -0.497 e. The summed E-state index contributed by atoms with van der Waals surface area (Å²) in [4.78, 5) is 39.3. The molecule has 0 saturated carbocycles. The number of rotatable bonds is 8. The molecule has 3 amide bonds. The molecule has 2 N–H and O–H groups in total. The first kappa shape index (κ1) is 24.3. The van der Waals surface area contributed by atoms with Crippen molar-refractivity contribution in [2.75, 3.05) is 30.4 Å². The van der Waals surface area contributed by atoms with Crippen molar-refractivity contribution in [2.24, 2.45) is 5.92 Å². The van der Waals surface area contributed by atoms with E-state index in [1.807, 2.05) is 32.0 Å². The molecule has 3 aromatic rings. The summed E-state index contributed by atoms with van der Waals surface area (Å²) in [7, 11) is 1.55. The summed E-state index contributed by atoms with van der Waals surface area (Å²) < 4.78 is 5.14. The fourth-order valence-electron chi connectivity index (χ4n) is 4.00. The number of aryl methyl sites for hydroxylation is 2. The van der Waals surface area contributed by atoms with Gasteiger partial charge in [0.05, 0.1) is 13.0 Å². The van der Waals surface area contributed by atoms with Crippen LogP contribution in [0.15, 0.2) is 42.5 Å². The average molecular weight is 494 g/mol. The molecule has 1 atom stereocenters. The summed E-state index contributed by atoms with van der Waals surface area (Å²) >= 11 is 1.25. The van der Waals surface area contributed by atoms with E-state index in [1.165, 1.54) is 11.3 Å². The van der Waals surface area contributed by atoms with Gasteiger partial charge >= 0.3 is 0 Å². The molecule has 1 aliphatic rings. The molecule has 9 nitrogen and oxygen atoms in total. The van der Waals surface area contributed by atoms with Crippen molar-refractivity contribution in [2.45, 2.75) is 26.7 Å². The van der Waals surface area contributed by atoms with Gasteiger partial charge in [-0.3, -0.25) is 14.4 Å². The van der Waals surface area contributed by atoms with E-state index in [-0.39, 0.29) is 24.1 Å². The van der Waals surface area contributed by atoms with Gasteiger partial charge in [-0.2, -0.15) is 0 Å². The molecule has 0 spiro atoms. The molecular formula is C25H27N5O4S. The fraction of sp³-hybridized carbons (Fsp3) is 0.320. The first-order chi connectivity index (χ1) is 16.8. The second-order valence-electron chi connectivity index (χ2n) is 8.48. The van der Waals surface area contributed by atoms with Gasteiger partial charge in [-0.15, -0.1) is 10.2 Å². The van der Waals surface area contributed by atoms with E-state index in [9.17, 15) is 14.4 Å². The Morgan fingerprint density at radius 2 is 1.91 bits per heavy atom. The maximum atomic E-state index is 12.8. The predicted octanol–water partition coefficient (Wildman–Crippen LogP) is 3.13. The van der Waals surface area contributed by atoms with Crippen molar-refractivity contribution in [3.05, 3.63) is 64.2 Å². The van der Waals surface area contributed by atoms with Crippen LogP contribution in [0, 0.1) is 19.8 Å². The van der Waals surface area contributed by atoms with Crippen LogP contribution in [0.1, 0.15) is 32.9 Å². The maximum Gasteiger partial charge on any atom is 0.251 e. The van der Waals surface area contributed by atoms with Crippen molar-refractivity contribution in [1.29, 1.82) is 0 Å². The minimum absolute atomic E-state index is 0.0696. The maximum absolute atomic E-state index is 12.8. The Kier molecular flexibility index (Phi) is 7.40. The summed E-state index contributed by atoms with van der Waals surface area (Å²) in [6.07, 6.45) is 0.631. The van der Waals surface area contributed by atoms with Crippen LogP contribution in [0.2, 0.25) is 0 Å². The summed E-state index contributed by atoms with van der Waals surface area (Å²) in [5.74, 6) is -0.374. The van der Waals surface area contributed by atoms with Gasteiger partial charge in [0.1, 0.15) is 10.8 Å². The van der Waals surface area contributed by atoms with Gasteiger partial charge in [-0.25, -0.2) is 0 Å². The Morgan fingerprint density at radius 3 is 2.66 bits per heavy atom. The first-order valence-corrected chi connectivity index (χ1v) is 12.1. The van der Waals surface area contributed by atoms with Gasteiger partial charge in [-0.1, -0.05) is 23.5 Å². The van der Waals surface area contributed by atoms with Crippen LogP contribution in [0.25, 0.3) is 0 Å². The Labute approximate surface area is 207 Å². The third kappa shape index (κ3) is 6.02. The highest BCUT2D eigenvalue weighted by molar-refractivity contribution is 7.15. The number of hydrogen-bond donors (Lipinski definition) is 2. The average Bonchev–Trinajstić information content (AvgIpc) is 3.44. The number of ether oxygens (including phenoxy) is 1. The van der Waals surface area contributed by atoms with E-state index in [0.717, 1.165) is 16.8 Å². The molecule has 10 heteroatoms. The van der Waals surface area contributed by atoms with Gasteiger partial charge < -0.3 is 20.3 Å². The second-order valence-corrected chi connectivity index (χ2v) is 9.54. The number of nitrogens with one attached hydrogen (secondary N) is 2. The Balaban J connectivity index is 1.28. The monoisotopic (exact) mass is 493 g/mol. The lowest BCUT2D eigenvalue weighted by atomic mass is 10.1. The molecule has 182 valence electrons. The Hall–Kier alpha value is -3.79. The zero-order chi connectivity index (χ0) is 24.9. The van der Waals surface area contributed by atoms with Gasteiger partial charge in [0.2, 0.25) is 16.9 Å². The van der Waals surface area contributed by atoms with E-state index in [0.29, 0.717) is 41.0 Å². The second kappa shape index (κ2) is 10.6. The number of amides is 3. The highest BCUT2D eigenvalue weighted by Gasteiger charge is 2.35. The van der Waals surface area contributed by atoms with Crippen molar-refractivity contribution in [3.8, 4) is 5.75 Å². The van der Waals surface area contributed by atoms with E-state index in [4.69, 9.17) is 4.74 Å². The lowest BCUT2D eigenvalue weighted by Crippen LogP contribution is -2.28.